The first-order valence-corrected chi connectivity index (χ1v) is 7.37. The van der Waals surface area contributed by atoms with Crippen molar-refractivity contribution in [2.24, 2.45) is 0 Å². The van der Waals surface area contributed by atoms with Gasteiger partial charge in [-0.25, -0.2) is 0 Å². The molecule has 0 N–H and O–H groups in total. The quantitative estimate of drug-likeness (QED) is 0.728. The summed E-state index contributed by atoms with van der Waals surface area (Å²) in [5, 5.41) is 0. The zero-order valence-electron chi connectivity index (χ0n) is 12.1. The molecule has 0 atom stereocenters. The average molecular weight is 264 g/mol. The van der Waals surface area contributed by atoms with E-state index in [-0.39, 0.29) is 5.78 Å². The number of carbonyl (C=O) groups excluding carboxylic acids is 1. The number of carbonyl (C=O) groups is 1. The Morgan fingerprint density at radius 2 is 1.70 bits per heavy atom. The van der Waals surface area contributed by atoms with Gasteiger partial charge in [-0.2, -0.15) is 0 Å². The molecule has 1 aliphatic rings. The first kappa shape index (κ1) is 13.1. The van der Waals surface area contributed by atoms with E-state index in [9.17, 15) is 4.79 Å². The Kier molecular flexibility index (Phi) is 3.43. The number of hydrogen-bond acceptors (Lipinski definition) is 1. The minimum atomic E-state index is 0.134. The Morgan fingerprint density at radius 3 is 2.35 bits per heavy atom. The van der Waals surface area contributed by atoms with Gasteiger partial charge in [0.25, 0.3) is 0 Å². The van der Waals surface area contributed by atoms with Crippen molar-refractivity contribution in [2.75, 3.05) is 0 Å². The van der Waals surface area contributed by atoms with Gasteiger partial charge < -0.3 is 0 Å². The first-order chi connectivity index (χ1) is 9.65. The molecule has 1 heteroatoms. The number of rotatable bonds is 3. The average Bonchev–Trinajstić information content (AvgIpc) is 2.39. The zero-order chi connectivity index (χ0) is 14.1. The Bertz CT molecular complexity index is 651. The fraction of sp³-hybridized carbons (Fsp3) is 0.316. The van der Waals surface area contributed by atoms with Gasteiger partial charge in [0.15, 0.2) is 5.78 Å². The van der Waals surface area contributed by atoms with Crippen LogP contribution in [0.25, 0.3) is 0 Å². The lowest BCUT2D eigenvalue weighted by atomic mass is 9.79. The van der Waals surface area contributed by atoms with Crippen LogP contribution in [0, 0.1) is 13.8 Å². The summed E-state index contributed by atoms with van der Waals surface area (Å²) in [5.41, 5.74) is 5.33. The van der Waals surface area contributed by atoms with Crippen LogP contribution in [-0.2, 0) is 0 Å². The molecule has 0 amide bonds. The third-order valence-electron chi connectivity index (χ3n) is 4.49. The van der Waals surface area contributed by atoms with Gasteiger partial charge in [-0.15, -0.1) is 0 Å². The van der Waals surface area contributed by atoms with E-state index in [1.165, 1.54) is 36.0 Å². The lowest BCUT2D eigenvalue weighted by Crippen LogP contribution is -2.10. The van der Waals surface area contributed by atoms with Gasteiger partial charge in [-0.1, -0.05) is 36.8 Å². The highest BCUT2D eigenvalue weighted by Crippen LogP contribution is 2.36. The molecule has 0 unspecified atom stereocenters. The molecular formula is C19H20O. The summed E-state index contributed by atoms with van der Waals surface area (Å²) in [7, 11) is 0. The van der Waals surface area contributed by atoms with E-state index in [0.29, 0.717) is 5.92 Å². The number of aryl methyl sites for hydroxylation is 2. The molecule has 0 aliphatic heterocycles. The molecule has 0 bridgehead atoms. The third-order valence-corrected chi connectivity index (χ3v) is 4.49. The van der Waals surface area contributed by atoms with Crippen molar-refractivity contribution in [3.8, 4) is 0 Å². The maximum Gasteiger partial charge on any atom is 0.193 e. The Labute approximate surface area is 120 Å². The molecule has 1 saturated carbocycles. The molecule has 0 saturated heterocycles. The molecule has 2 aromatic carbocycles. The van der Waals surface area contributed by atoms with Crippen molar-refractivity contribution in [1.29, 1.82) is 0 Å². The summed E-state index contributed by atoms with van der Waals surface area (Å²) < 4.78 is 0. The normalized spacial score (nSPS) is 14.9. The maximum atomic E-state index is 12.6. The predicted molar refractivity (Wildman–Crippen MR) is 82.4 cm³/mol. The van der Waals surface area contributed by atoms with Gasteiger partial charge in [0.05, 0.1) is 0 Å². The van der Waals surface area contributed by atoms with E-state index >= 15 is 0 Å². The largest absolute Gasteiger partial charge is 0.289 e. The minimum absolute atomic E-state index is 0.134. The van der Waals surface area contributed by atoms with Crippen molar-refractivity contribution in [3.63, 3.8) is 0 Å². The molecule has 0 aromatic heterocycles. The maximum absolute atomic E-state index is 12.6. The molecule has 0 spiro atoms. The van der Waals surface area contributed by atoms with Crippen LogP contribution in [0.15, 0.2) is 42.5 Å². The molecule has 2 aromatic rings. The minimum Gasteiger partial charge on any atom is -0.289 e. The van der Waals surface area contributed by atoms with Crippen LogP contribution in [0.1, 0.15) is 57.8 Å². The van der Waals surface area contributed by atoms with Crippen LogP contribution < -0.4 is 0 Å². The van der Waals surface area contributed by atoms with E-state index in [1.807, 2.05) is 30.3 Å². The highest BCUT2D eigenvalue weighted by atomic mass is 16.1. The molecular weight excluding hydrogens is 244 g/mol. The second-order valence-corrected chi connectivity index (χ2v) is 5.88. The molecule has 0 heterocycles. The monoisotopic (exact) mass is 264 g/mol. The summed E-state index contributed by atoms with van der Waals surface area (Å²) in [6.45, 7) is 4.12. The van der Waals surface area contributed by atoms with Crippen molar-refractivity contribution >= 4 is 5.78 Å². The smallest absolute Gasteiger partial charge is 0.193 e. The molecule has 3 rings (SSSR count). The van der Waals surface area contributed by atoms with Gasteiger partial charge in [-0.3, -0.25) is 4.79 Å². The summed E-state index contributed by atoms with van der Waals surface area (Å²) in [6.07, 6.45) is 3.85. The van der Waals surface area contributed by atoms with Gasteiger partial charge in [0, 0.05) is 11.1 Å². The lowest BCUT2D eigenvalue weighted by Gasteiger charge is -2.26. The van der Waals surface area contributed by atoms with Gasteiger partial charge in [-0.05, 0) is 61.4 Å². The molecule has 20 heavy (non-hydrogen) atoms. The molecule has 1 aliphatic carbocycles. The first-order valence-electron chi connectivity index (χ1n) is 7.37. The van der Waals surface area contributed by atoms with Crippen molar-refractivity contribution in [2.45, 2.75) is 39.0 Å². The van der Waals surface area contributed by atoms with Crippen molar-refractivity contribution in [3.05, 3.63) is 70.3 Å². The fourth-order valence-electron chi connectivity index (χ4n) is 2.72. The van der Waals surface area contributed by atoms with E-state index < -0.39 is 0 Å². The molecule has 1 fully saturated rings. The van der Waals surface area contributed by atoms with Crippen LogP contribution in [0.5, 0.6) is 0 Å². The summed E-state index contributed by atoms with van der Waals surface area (Å²) in [6, 6.07) is 14.1. The van der Waals surface area contributed by atoms with E-state index in [0.717, 1.165) is 11.1 Å². The predicted octanol–water partition coefficient (Wildman–Crippen LogP) is 4.80. The second kappa shape index (κ2) is 5.24. The van der Waals surface area contributed by atoms with E-state index in [1.54, 1.807) is 0 Å². The topological polar surface area (TPSA) is 17.1 Å². The molecule has 1 nitrogen and oxygen atoms in total. The summed E-state index contributed by atoms with van der Waals surface area (Å²) in [4.78, 5) is 12.6. The van der Waals surface area contributed by atoms with Gasteiger partial charge >= 0.3 is 0 Å². The van der Waals surface area contributed by atoms with E-state index in [4.69, 9.17) is 0 Å². The number of hydrogen-bond donors (Lipinski definition) is 0. The zero-order valence-corrected chi connectivity index (χ0v) is 12.1. The van der Waals surface area contributed by atoms with Crippen LogP contribution in [0.2, 0.25) is 0 Å². The van der Waals surface area contributed by atoms with Crippen LogP contribution in [0.4, 0.5) is 0 Å². The number of benzene rings is 2. The standard InChI is InChI=1S/C19H20O/c1-13-9-10-18(11-14(13)2)19(20)17-8-4-7-16(12-17)15-5-3-6-15/h4,7-12,15H,3,5-6H2,1-2H3. The fourth-order valence-corrected chi connectivity index (χ4v) is 2.72. The van der Waals surface area contributed by atoms with Crippen molar-refractivity contribution < 1.29 is 4.79 Å². The van der Waals surface area contributed by atoms with Crippen LogP contribution in [0.3, 0.4) is 0 Å². The summed E-state index contributed by atoms with van der Waals surface area (Å²) >= 11 is 0. The SMILES string of the molecule is Cc1ccc(C(=O)c2cccc(C3CCC3)c2)cc1C. The second-order valence-electron chi connectivity index (χ2n) is 5.88. The van der Waals surface area contributed by atoms with Crippen molar-refractivity contribution in [1.82, 2.24) is 0 Å². The Morgan fingerprint density at radius 1 is 0.950 bits per heavy atom. The van der Waals surface area contributed by atoms with E-state index in [2.05, 4.69) is 26.0 Å². The highest BCUT2D eigenvalue weighted by Gasteiger charge is 2.20. The van der Waals surface area contributed by atoms with Gasteiger partial charge in [0.2, 0.25) is 0 Å². The van der Waals surface area contributed by atoms with Crippen LogP contribution in [-0.4, -0.2) is 5.78 Å². The lowest BCUT2D eigenvalue weighted by molar-refractivity contribution is 0.103. The Hall–Kier alpha value is -1.89. The van der Waals surface area contributed by atoms with Gasteiger partial charge in [0.1, 0.15) is 0 Å². The highest BCUT2D eigenvalue weighted by molar-refractivity contribution is 6.09. The number of ketones is 1. The van der Waals surface area contributed by atoms with Crippen LogP contribution >= 0.6 is 0 Å². The molecule has 0 radical (unpaired) electrons. The summed E-state index contributed by atoms with van der Waals surface area (Å²) in [5.74, 6) is 0.803. The Balaban J connectivity index is 1.91. The molecule has 102 valence electrons. The third kappa shape index (κ3) is 2.40.